The van der Waals surface area contributed by atoms with Crippen LogP contribution in [0.3, 0.4) is 0 Å². The van der Waals surface area contributed by atoms with Crippen molar-refractivity contribution in [3.8, 4) is 11.3 Å². The van der Waals surface area contributed by atoms with Crippen LogP contribution < -0.4 is 4.90 Å². The number of carbonyl (C=O) groups excluding carboxylic acids is 1. The maximum atomic E-state index is 12.3. The lowest BCUT2D eigenvalue weighted by Crippen LogP contribution is -2.49. The van der Waals surface area contributed by atoms with E-state index in [0.29, 0.717) is 10.8 Å². The molecule has 8 heteroatoms. The average Bonchev–Trinajstić information content (AvgIpc) is 3.56. The van der Waals surface area contributed by atoms with E-state index in [2.05, 4.69) is 20.9 Å². The largest absolute Gasteiger partial charge is 0.367 e. The Morgan fingerprint density at radius 3 is 2.45 bits per heavy atom. The highest BCUT2D eigenvalue weighted by Crippen LogP contribution is 2.33. The fourth-order valence-corrected chi connectivity index (χ4v) is 5.09. The van der Waals surface area contributed by atoms with E-state index in [-0.39, 0.29) is 11.7 Å². The number of H-pyrrole nitrogens is 1. The summed E-state index contributed by atoms with van der Waals surface area (Å²) in [6, 6.07) is 11.1. The number of sulfone groups is 1. The van der Waals surface area contributed by atoms with Crippen molar-refractivity contribution in [3.05, 3.63) is 42.6 Å². The second kappa shape index (κ2) is 7.67. The van der Waals surface area contributed by atoms with E-state index in [4.69, 9.17) is 0 Å². The Balaban J connectivity index is 1.39. The summed E-state index contributed by atoms with van der Waals surface area (Å²) in [5.74, 6) is 0.674. The molecule has 2 aliphatic rings. The van der Waals surface area contributed by atoms with Gasteiger partial charge < -0.3 is 14.8 Å². The number of amides is 1. The Bertz CT molecular complexity index is 1220. The summed E-state index contributed by atoms with van der Waals surface area (Å²) in [6.07, 6.45) is 3.89. The van der Waals surface area contributed by atoms with E-state index in [1.54, 1.807) is 25.3 Å². The molecule has 1 aliphatic heterocycles. The van der Waals surface area contributed by atoms with Gasteiger partial charge in [-0.15, -0.1) is 0 Å². The van der Waals surface area contributed by atoms with Crippen LogP contribution in [-0.4, -0.2) is 61.1 Å². The number of aromatic nitrogens is 2. The van der Waals surface area contributed by atoms with Gasteiger partial charge in [0.25, 0.3) is 0 Å². The van der Waals surface area contributed by atoms with Crippen LogP contribution in [0, 0.1) is 5.92 Å². The van der Waals surface area contributed by atoms with Gasteiger partial charge in [0.2, 0.25) is 5.91 Å². The minimum absolute atomic E-state index is 0.0888. The van der Waals surface area contributed by atoms with Gasteiger partial charge >= 0.3 is 0 Å². The number of carbonyl (C=O) groups is 1. The van der Waals surface area contributed by atoms with Gasteiger partial charge in [-0.2, -0.15) is 0 Å². The van der Waals surface area contributed by atoms with Gasteiger partial charge in [-0.25, -0.2) is 13.4 Å². The van der Waals surface area contributed by atoms with Gasteiger partial charge in [-0.05, 0) is 42.7 Å². The number of anilines is 1. The van der Waals surface area contributed by atoms with E-state index in [9.17, 15) is 13.2 Å². The zero-order valence-corrected chi connectivity index (χ0v) is 18.4. The normalized spacial score (nSPS) is 17.3. The Kier molecular flexibility index (Phi) is 4.97. The number of benzene rings is 1. The maximum absolute atomic E-state index is 12.3. The minimum atomic E-state index is -3.21. The van der Waals surface area contributed by atoms with E-state index in [1.807, 2.05) is 23.1 Å². The van der Waals surface area contributed by atoms with Gasteiger partial charge in [-0.3, -0.25) is 4.79 Å². The first-order valence-corrected chi connectivity index (χ1v) is 12.5. The van der Waals surface area contributed by atoms with Gasteiger partial charge in [-0.1, -0.05) is 19.1 Å². The first-order chi connectivity index (χ1) is 15.0. The monoisotopic (exact) mass is 438 g/mol. The molecule has 3 heterocycles. The molecule has 1 aromatic carbocycles. The van der Waals surface area contributed by atoms with Crippen molar-refractivity contribution in [1.82, 2.24) is 14.9 Å². The van der Waals surface area contributed by atoms with Crippen LogP contribution in [0.5, 0.6) is 0 Å². The summed E-state index contributed by atoms with van der Waals surface area (Å²) < 4.78 is 24.1. The van der Waals surface area contributed by atoms with Crippen molar-refractivity contribution in [2.24, 2.45) is 5.92 Å². The Labute approximate surface area is 182 Å². The number of pyridine rings is 1. The molecule has 3 aromatic rings. The van der Waals surface area contributed by atoms with Crippen molar-refractivity contribution < 1.29 is 13.2 Å². The van der Waals surface area contributed by atoms with Gasteiger partial charge in [0.05, 0.1) is 10.6 Å². The molecule has 1 saturated carbocycles. The number of hydrogen-bond donors (Lipinski definition) is 1. The van der Waals surface area contributed by atoms with Crippen molar-refractivity contribution in [3.63, 3.8) is 0 Å². The molecule has 1 N–H and O–H groups in total. The molecule has 7 nitrogen and oxygen atoms in total. The zero-order chi connectivity index (χ0) is 21.6. The lowest BCUT2D eigenvalue weighted by atomic mass is 10.1. The molecule has 0 unspecified atom stereocenters. The number of aromatic amines is 1. The summed E-state index contributed by atoms with van der Waals surface area (Å²) >= 11 is 0. The molecular weight excluding hydrogens is 412 g/mol. The molecule has 0 spiro atoms. The molecule has 2 aromatic heterocycles. The van der Waals surface area contributed by atoms with Crippen molar-refractivity contribution in [1.29, 1.82) is 0 Å². The van der Waals surface area contributed by atoms with Crippen LogP contribution in [0.25, 0.3) is 22.3 Å². The minimum Gasteiger partial charge on any atom is -0.367 e. The van der Waals surface area contributed by atoms with E-state index in [0.717, 1.165) is 67.0 Å². The van der Waals surface area contributed by atoms with Crippen LogP contribution in [0.2, 0.25) is 0 Å². The van der Waals surface area contributed by atoms with Gasteiger partial charge in [0.1, 0.15) is 5.65 Å². The first-order valence-electron chi connectivity index (χ1n) is 10.8. The number of rotatable bonds is 5. The molecule has 162 valence electrons. The molecule has 1 saturated heterocycles. The summed E-state index contributed by atoms with van der Waals surface area (Å²) in [5.41, 5.74) is 3.72. The lowest BCUT2D eigenvalue weighted by molar-refractivity contribution is -0.132. The second-order valence-electron chi connectivity index (χ2n) is 8.29. The Morgan fingerprint density at radius 1 is 1.10 bits per heavy atom. The van der Waals surface area contributed by atoms with Crippen LogP contribution in [0.15, 0.2) is 47.5 Å². The highest BCUT2D eigenvalue weighted by atomic mass is 32.2. The third kappa shape index (κ3) is 3.80. The number of hydrogen-bond acceptors (Lipinski definition) is 5. The molecule has 5 rings (SSSR count). The third-order valence-electron chi connectivity index (χ3n) is 6.27. The van der Waals surface area contributed by atoms with Gasteiger partial charge in [0.15, 0.2) is 9.84 Å². The summed E-state index contributed by atoms with van der Waals surface area (Å²) in [5, 5.41) is 1.03. The SMILES string of the molecule is CCS(=O)(=O)c1ccc(-c2cc3c(N4CCN(C(=O)C5CC5)CC4)ccnc3[nH]2)cc1. The predicted molar refractivity (Wildman–Crippen MR) is 121 cm³/mol. The highest BCUT2D eigenvalue weighted by molar-refractivity contribution is 7.91. The standard InChI is InChI=1S/C23H26N4O3S/c1-2-31(29,30)18-7-5-16(6-8-18)20-15-19-21(9-10-24-22(19)25-20)26-11-13-27(14-12-26)23(28)17-3-4-17/h5-10,15,17H,2-4,11-14H2,1H3,(H,24,25). The number of nitrogens with one attached hydrogen (secondary N) is 1. The van der Waals surface area contributed by atoms with E-state index >= 15 is 0 Å². The molecule has 31 heavy (non-hydrogen) atoms. The molecule has 1 amide bonds. The predicted octanol–water partition coefficient (Wildman–Crippen LogP) is 3.08. The molecule has 0 bridgehead atoms. The van der Waals surface area contributed by atoms with Crippen LogP contribution >= 0.6 is 0 Å². The first kappa shape index (κ1) is 20.1. The highest BCUT2D eigenvalue weighted by Gasteiger charge is 2.34. The third-order valence-corrected chi connectivity index (χ3v) is 8.02. The number of nitrogens with zero attached hydrogens (tertiary/aromatic N) is 3. The quantitative estimate of drug-likeness (QED) is 0.662. The van der Waals surface area contributed by atoms with E-state index < -0.39 is 9.84 Å². The van der Waals surface area contributed by atoms with Crippen molar-refractivity contribution in [2.45, 2.75) is 24.7 Å². The summed E-state index contributed by atoms with van der Waals surface area (Å²) in [6.45, 7) is 4.77. The molecule has 1 aliphatic carbocycles. The topological polar surface area (TPSA) is 86.4 Å². The molecular formula is C23H26N4O3S. The number of piperazine rings is 1. The summed E-state index contributed by atoms with van der Waals surface area (Å²) in [7, 11) is -3.21. The number of fused-ring (bicyclic) bond motifs is 1. The average molecular weight is 439 g/mol. The van der Waals surface area contributed by atoms with Gasteiger partial charge in [0, 0.05) is 55.1 Å². The Morgan fingerprint density at radius 2 is 1.81 bits per heavy atom. The fraction of sp³-hybridized carbons (Fsp3) is 0.391. The van der Waals surface area contributed by atoms with Crippen LogP contribution in [0.4, 0.5) is 5.69 Å². The maximum Gasteiger partial charge on any atom is 0.225 e. The second-order valence-corrected chi connectivity index (χ2v) is 10.6. The zero-order valence-electron chi connectivity index (χ0n) is 17.5. The van der Waals surface area contributed by atoms with Crippen molar-refractivity contribution in [2.75, 3.05) is 36.8 Å². The van der Waals surface area contributed by atoms with Crippen molar-refractivity contribution >= 4 is 32.5 Å². The lowest BCUT2D eigenvalue weighted by Gasteiger charge is -2.36. The molecule has 2 fully saturated rings. The fourth-order valence-electron chi connectivity index (χ4n) is 4.21. The molecule has 0 radical (unpaired) electrons. The van der Waals surface area contributed by atoms with E-state index in [1.165, 1.54) is 0 Å². The Hall–Kier alpha value is -2.87. The molecule has 0 atom stereocenters. The van der Waals surface area contributed by atoms with Crippen LogP contribution in [-0.2, 0) is 14.6 Å². The van der Waals surface area contributed by atoms with Crippen LogP contribution in [0.1, 0.15) is 19.8 Å². The summed E-state index contributed by atoms with van der Waals surface area (Å²) in [4.78, 5) is 24.8. The smallest absolute Gasteiger partial charge is 0.225 e.